The molecule has 0 N–H and O–H groups in total. The Labute approximate surface area is 77.0 Å². The first-order chi connectivity index (χ1) is 5.70. The molecule has 0 aliphatic carbocycles. The summed E-state index contributed by atoms with van der Waals surface area (Å²) in [6, 6.07) is 0.449. The summed E-state index contributed by atoms with van der Waals surface area (Å²) in [4.78, 5) is 2.05. The predicted molar refractivity (Wildman–Crippen MR) is 54.3 cm³/mol. The van der Waals surface area contributed by atoms with Crippen molar-refractivity contribution in [3.05, 3.63) is 0 Å². The molecule has 1 aliphatic rings. The first kappa shape index (κ1) is 14.4. The van der Waals surface area contributed by atoms with E-state index in [2.05, 4.69) is 6.92 Å². The molecule has 0 aromatic carbocycles. The number of nitrogens with zero attached hydrogens (tertiary/aromatic N) is 1. The van der Waals surface area contributed by atoms with Gasteiger partial charge in [-0.2, -0.15) is 0 Å². The molecule has 12 heavy (non-hydrogen) atoms. The van der Waals surface area contributed by atoms with Crippen molar-refractivity contribution in [2.45, 2.75) is 53.3 Å². The average Bonchev–Trinajstić information content (AvgIpc) is 2.37. The quantitative estimate of drug-likeness (QED) is 0.549. The maximum atomic E-state index is 12.4. The van der Waals surface area contributed by atoms with Crippen molar-refractivity contribution in [3.63, 3.8) is 0 Å². The van der Waals surface area contributed by atoms with Gasteiger partial charge in [0, 0.05) is 12.6 Å². The molecular formula is C10H24FN. The van der Waals surface area contributed by atoms with Crippen LogP contribution in [0.5, 0.6) is 0 Å². The Kier molecular flexibility index (Phi) is 10.8. The molecule has 1 saturated heterocycles. The zero-order chi connectivity index (χ0) is 10.1. The van der Waals surface area contributed by atoms with E-state index in [9.17, 15) is 4.39 Å². The van der Waals surface area contributed by atoms with E-state index in [1.165, 1.54) is 0 Å². The van der Waals surface area contributed by atoms with Crippen LogP contribution in [0, 0.1) is 0 Å². The molecule has 0 aromatic rings. The van der Waals surface area contributed by atoms with Gasteiger partial charge < -0.3 is 4.90 Å². The van der Waals surface area contributed by atoms with Gasteiger partial charge in [-0.05, 0) is 20.4 Å². The van der Waals surface area contributed by atoms with Crippen LogP contribution in [0.3, 0.4) is 0 Å². The second-order valence-corrected chi connectivity index (χ2v) is 2.62. The Balaban J connectivity index is 0. The van der Waals surface area contributed by atoms with Gasteiger partial charge in [0.15, 0.2) is 0 Å². The highest BCUT2D eigenvalue weighted by atomic mass is 19.1. The van der Waals surface area contributed by atoms with Gasteiger partial charge in [0.25, 0.3) is 0 Å². The summed E-state index contributed by atoms with van der Waals surface area (Å²) in [6.07, 6.45) is 0.145. The van der Waals surface area contributed by atoms with E-state index in [1.54, 1.807) is 0 Å². The van der Waals surface area contributed by atoms with E-state index in [0.717, 1.165) is 6.42 Å². The van der Waals surface area contributed by atoms with Crippen LogP contribution in [0.4, 0.5) is 4.39 Å². The minimum atomic E-state index is -0.574. The van der Waals surface area contributed by atoms with Crippen LogP contribution in [-0.4, -0.2) is 30.7 Å². The molecule has 0 saturated carbocycles. The Bertz CT molecular complexity index is 75.9. The lowest BCUT2D eigenvalue weighted by Gasteiger charge is -2.11. The lowest BCUT2D eigenvalue weighted by Crippen LogP contribution is -2.21. The second kappa shape index (κ2) is 8.98. The number of rotatable bonds is 0. The fourth-order valence-corrected chi connectivity index (χ4v) is 1.12. The third-order valence-corrected chi connectivity index (χ3v) is 1.84. The van der Waals surface area contributed by atoms with E-state index < -0.39 is 6.17 Å². The molecule has 2 unspecified atom stereocenters. The van der Waals surface area contributed by atoms with Gasteiger partial charge in [-0.1, -0.05) is 27.7 Å². The lowest BCUT2D eigenvalue weighted by atomic mass is 10.2. The fraction of sp³-hybridized carbons (Fsp3) is 1.00. The zero-order valence-electron chi connectivity index (χ0n) is 9.39. The molecule has 0 amide bonds. The van der Waals surface area contributed by atoms with Crippen LogP contribution >= 0.6 is 0 Å². The van der Waals surface area contributed by atoms with Gasteiger partial charge in [0.05, 0.1) is 0 Å². The summed E-state index contributed by atoms with van der Waals surface area (Å²) in [7, 11) is 1.96. The van der Waals surface area contributed by atoms with Gasteiger partial charge in [-0.3, -0.25) is 0 Å². The highest BCUT2D eigenvalue weighted by Gasteiger charge is 2.24. The van der Waals surface area contributed by atoms with E-state index >= 15 is 0 Å². The van der Waals surface area contributed by atoms with Crippen LogP contribution in [-0.2, 0) is 0 Å². The molecule has 1 aliphatic heterocycles. The molecule has 1 nitrogen and oxygen atoms in total. The molecule has 2 atom stereocenters. The van der Waals surface area contributed by atoms with Crippen molar-refractivity contribution in [1.29, 1.82) is 0 Å². The first-order valence-corrected chi connectivity index (χ1v) is 5.04. The standard InChI is InChI=1S/C6H12FN.2C2H6/c1-5-3-6(7)4-8(5)2;2*1-2/h5-6H,3-4H2,1-2H3;2*1-2H3. The van der Waals surface area contributed by atoms with E-state index in [-0.39, 0.29) is 0 Å². The second-order valence-electron chi connectivity index (χ2n) is 2.62. The van der Waals surface area contributed by atoms with E-state index in [4.69, 9.17) is 0 Å². The minimum absolute atomic E-state index is 0.449. The normalized spacial score (nSPS) is 28.2. The largest absolute Gasteiger partial charge is 0.301 e. The topological polar surface area (TPSA) is 3.24 Å². The van der Waals surface area contributed by atoms with Crippen molar-refractivity contribution in [3.8, 4) is 0 Å². The molecule has 0 radical (unpaired) electrons. The lowest BCUT2D eigenvalue weighted by molar-refractivity contribution is 0.303. The number of halogens is 1. The Morgan fingerprint density at radius 3 is 1.67 bits per heavy atom. The van der Waals surface area contributed by atoms with Crippen LogP contribution in [0.15, 0.2) is 0 Å². The summed E-state index contributed by atoms with van der Waals surface area (Å²) in [5.74, 6) is 0. The summed E-state index contributed by atoms with van der Waals surface area (Å²) in [6.45, 7) is 10.7. The van der Waals surface area contributed by atoms with Gasteiger partial charge in [0.2, 0.25) is 0 Å². The van der Waals surface area contributed by atoms with Crippen molar-refractivity contribution in [1.82, 2.24) is 4.90 Å². The highest BCUT2D eigenvalue weighted by molar-refractivity contribution is 4.79. The van der Waals surface area contributed by atoms with E-state index in [0.29, 0.717) is 12.6 Å². The van der Waals surface area contributed by atoms with Gasteiger partial charge >= 0.3 is 0 Å². The molecular weight excluding hydrogens is 153 g/mol. The maximum Gasteiger partial charge on any atom is 0.114 e. The minimum Gasteiger partial charge on any atom is -0.301 e. The van der Waals surface area contributed by atoms with Crippen LogP contribution in [0.25, 0.3) is 0 Å². The summed E-state index contributed by atoms with van der Waals surface area (Å²) in [5.41, 5.74) is 0. The number of likely N-dealkylation sites (tertiary alicyclic amines) is 1. The van der Waals surface area contributed by atoms with Crippen molar-refractivity contribution >= 4 is 0 Å². The molecule has 1 fully saturated rings. The average molecular weight is 177 g/mol. The Morgan fingerprint density at radius 1 is 1.17 bits per heavy atom. The zero-order valence-corrected chi connectivity index (χ0v) is 9.39. The fourth-order valence-electron chi connectivity index (χ4n) is 1.12. The van der Waals surface area contributed by atoms with Gasteiger partial charge in [0.1, 0.15) is 6.17 Å². The molecule has 2 heteroatoms. The Morgan fingerprint density at radius 2 is 1.58 bits per heavy atom. The van der Waals surface area contributed by atoms with Crippen molar-refractivity contribution < 1.29 is 4.39 Å². The molecule has 1 heterocycles. The monoisotopic (exact) mass is 177 g/mol. The summed E-state index contributed by atoms with van der Waals surface area (Å²) < 4.78 is 12.4. The van der Waals surface area contributed by atoms with Crippen LogP contribution < -0.4 is 0 Å². The highest BCUT2D eigenvalue weighted by Crippen LogP contribution is 2.16. The van der Waals surface area contributed by atoms with Crippen molar-refractivity contribution in [2.75, 3.05) is 13.6 Å². The predicted octanol–water partition coefficient (Wildman–Crippen LogP) is 3.10. The van der Waals surface area contributed by atoms with Gasteiger partial charge in [-0.15, -0.1) is 0 Å². The van der Waals surface area contributed by atoms with Crippen LogP contribution in [0.2, 0.25) is 0 Å². The summed E-state index contributed by atoms with van der Waals surface area (Å²) >= 11 is 0. The summed E-state index contributed by atoms with van der Waals surface area (Å²) in [5, 5.41) is 0. The maximum absolute atomic E-state index is 12.4. The molecule has 76 valence electrons. The van der Waals surface area contributed by atoms with Crippen LogP contribution in [0.1, 0.15) is 41.0 Å². The molecule has 0 aromatic heterocycles. The SMILES string of the molecule is CC.CC.CC1CC(F)CN1C. The number of hydrogen-bond donors (Lipinski definition) is 0. The van der Waals surface area contributed by atoms with Crippen molar-refractivity contribution in [2.24, 2.45) is 0 Å². The molecule has 0 spiro atoms. The van der Waals surface area contributed by atoms with E-state index in [1.807, 2.05) is 39.6 Å². The number of hydrogen-bond acceptors (Lipinski definition) is 1. The number of alkyl halides is 1. The van der Waals surface area contributed by atoms with Gasteiger partial charge in [-0.25, -0.2) is 4.39 Å². The molecule has 0 bridgehead atoms. The smallest absolute Gasteiger partial charge is 0.114 e. The first-order valence-electron chi connectivity index (χ1n) is 5.04. The third kappa shape index (κ3) is 5.53. The molecule has 1 rings (SSSR count). The Hall–Kier alpha value is -0.110. The third-order valence-electron chi connectivity index (χ3n) is 1.84.